The van der Waals surface area contributed by atoms with E-state index in [4.69, 9.17) is 0 Å². The van der Waals surface area contributed by atoms with E-state index < -0.39 is 10.0 Å². The number of nitrogens with zero attached hydrogens (tertiary/aromatic N) is 2. The third kappa shape index (κ3) is 3.83. The maximum absolute atomic E-state index is 12.0. The van der Waals surface area contributed by atoms with Gasteiger partial charge in [0.25, 0.3) is 0 Å². The Labute approximate surface area is 128 Å². The summed E-state index contributed by atoms with van der Waals surface area (Å²) < 4.78 is 25.3. The SMILES string of the molecule is CC1CN(Cc2ccc(S(=O)(=O)N(C)C)cc2)C(C)CN1. The zero-order valence-corrected chi connectivity index (χ0v) is 14.0. The molecule has 2 unspecified atom stereocenters. The molecular weight excluding hydrogens is 286 g/mol. The topological polar surface area (TPSA) is 52.7 Å². The van der Waals surface area contributed by atoms with Crippen molar-refractivity contribution in [3.05, 3.63) is 29.8 Å². The summed E-state index contributed by atoms with van der Waals surface area (Å²) in [4.78, 5) is 2.77. The first kappa shape index (κ1) is 16.4. The maximum Gasteiger partial charge on any atom is 0.242 e. The zero-order chi connectivity index (χ0) is 15.6. The minimum absolute atomic E-state index is 0.345. The second-order valence-corrected chi connectivity index (χ2v) is 8.17. The molecule has 0 aromatic heterocycles. The van der Waals surface area contributed by atoms with Gasteiger partial charge in [-0.25, -0.2) is 12.7 Å². The molecule has 0 amide bonds. The Balaban J connectivity index is 2.09. The van der Waals surface area contributed by atoms with Crippen LogP contribution in [0.2, 0.25) is 0 Å². The number of hydrogen-bond acceptors (Lipinski definition) is 4. The smallest absolute Gasteiger partial charge is 0.242 e. The Kier molecular flexibility index (Phi) is 5.03. The fourth-order valence-electron chi connectivity index (χ4n) is 2.53. The van der Waals surface area contributed by atoms with Crippen molar-refractivity contribution in [2.24, 2.45) is 0 Å². The molecule has 1 aliphatic rings. The third-order valence-corrected chi connectivity index (χ3v) is 5.81. The van der Waals surface area contributed by atoms with E-state index in [0.717, 1.165) is 25.2 Å². The second-order valence-electron chi connectivity index (χ2n) is 6.02. The first-order chi connectivity index (χ1) is 9.80. The number of nitrogens with one attached hydrogen (secondary N) is 1. The van der Waals surface area contributed by atoms with Crippen LogP contribution in [-0.2, 0) is 16.6 Å². The van der Waals surface area contributed by atoms with Gasteiger partial charge in [-0.05, 0) is 31.5 Å². The van der Waals surface area contributed by atoms with E-state index in [0.29, 0.717) is 17.0 Å². The van der Waals surface area contributed by atoms with Gasteiger partial charge in [0.15, 0.2) is 0 Å². The van der Waals surface area contributed by atoms with Crippen molar-refractivity contribution < 1.29 is 8.42 Å². The Bertz CT molecular complexity index is 569. The van der Waals surface area contributed by atoms with Crippen molar-refractivity contribution in [3.8, 4) is 0 Å². The molecule has 2 atom stereocenters. The lowest BCUT2D eigenvalue weighted by atomic mass is 10.1. The van der Waals surface area contributed by atoms with E-state index in [1.165, 1.54) is 4.31 Å². The molecule has 2 rings (SSSR count). The van der Waals surface area contributed by atoms with Crippen molar-refractivity contribution in [1.82, 2.24) is 14.5 Å². The van der Waals surface area contributed by atoms with Crippen LogP contribution in [-0.4, -0.2) is 56.9 Å². The van der Waals surface area contributed by atoms with Crippen LogP contribution < -0.4 is 5.32 Å². The summed E-state index contributed by atoms with van der Waals surface area (Å²) in [5.74, 6) is 0. The fraction of sp³-hybridized carbons (Fsp3) is 0.600. The van der Waals surface area contributed by atoms with Gasteiger partial charge in [-0.1, -0.05) is 12.1 Å². The van der Waals surface area contributed by atoms with Gasteiger partial charge in [0.2, 0.25) is 10.0 Å². The third-order valence-electron chi connectivity index (χ3n) is 3.98. The largest absolute Gasteiger partial charge is 0.311 e. The van der Waals surface area contributed by atoms with Gasteiger partial charge in [0, 0.05) is 45.8 Å². The van der Waals surface area contributed by atoms with Crippen molar-refractivity contribution in [3.63, 3.8) is 0 Å². The van der Waals surface area contributed by atoms with E-state index in [9.17, 15) is 8.42 Å². The average molecular weight is 311 g/mol. The van der Waals surface area contributed by atoms with E-state index in [-0.39, 0.29) is 0 Å². The van der Waals surface area contributed by atoms with Crippen LogP contribution >= 0.6 is 0 Å². The minimum Gasteiger partial charge on any atom is -0.311 e. The molecule has 0 radical (unpaired) electrons. The highest BCUT2D eigenvalue weighted by molar-refractivity contribution is 7.89. The monoisotopic (exact) mass is 311 g/mol. The predicted octanol–water partition coefficient (Wildman–Crippen LogP) is 1.12. The zero-order valence-electron chi connectivity index (χ0n) is 13.2. The Hall–Kier alpha value is -0.950. The molecule has 1 aromatic carbocycles. The lowest BCUT2D eigenvalue weighted by Crippen LogP contribution is -2.53. The molecule has 0 aliphatic carbocycles. The minimum atomic E-state index is -3.34. The summed E-state index contributed by atoms with van der Waals surface area (Å²) in [5, 5.41) is 3.46. The van der Waals surface area contributed by atoms with Crippen LogP contribution in [0.4, 0.5) is 0 Å². The van der Waals surface area contributed by atoms with Crippen molar-refractivity contribution in [2.75, 3.05) is 27.2 Å². The molecule has 1 aromatic rings. The maximum atomic E-state index is 12.0. The quantitative estimate of drug-likeness (QED) is 0.905. The fourth-order valence-corrected chi connectivity index (χ4v) is 3.43. The number of piperazine rings is 1. The van der Waals surface area contributed by atoms with Crippen LogP contribution in [0.3, 0.4) is 0 Å². The molecular formula is C15H25N3O2S. The van der Waals surface area contributed by atoms with Crippen LogP contribution in [0.1, 0.15) is 19.4 Å². The number of benzene rings is 1. The lowest BCUT2D eigenvalue weighted by molar-refractivity contribution is 0.139. The highest BCUT2D eigenvalue weighted by atomic mass is 32.2. The molecule has 0 bridgehead atoms. The van der Waals surface area contributed by atoms with Crippen LogP contribution in [0.5, 0.6) is 0 Å². The molecule has 0 saturated carbocycles. The number of hydrogen-bond donors (Lipinski definition) is 1. The Morgan fingerprint density at radius 2 is 1.86 bits per heavy atom. The van der Waals surface area contributed by atoms with Crippen LogP contribution in [0.25, 0.3) is 0 Å². The molecule has 1 saturated heterocycles. The van der Waals surface area contributed by atoms with Gasteiger partial charge >= 0.3 is 0 Å². The number of sulfonamides is 1. The summed E-state index contributed by atoms with van der Waals surface area (Å²) in [7, 11) is -0.239. The van der Waals surface area contributed by atoms with Gasteiger partial charge in [-0.3, -0.25) is 4.90 Å². The molecule has 1 heterocycles. The van der Waals surface area contributed by atoms with Crippen molar-refractivity contribution in [1.29, 1.82) is 0 Å². The molecule has 6 heteroatoms. The standard InChI is InChI=1S/C15H25N3O2S/c1-12-10-18(13(2)9-16-12)11-14-5-7-15(8-6-14)21(19,20)17(3)4/h5-8,12-13,16H,9-11H2,1-4H3. The summed E-state index contributed by atoms with van der Waals surface area (Å²) in [6, 6.07) is 8.20. The van der Waals surface area contributed by atoms with E-state index in [2.05, 4.69) is 24.1 Å². The highest BCUT2D eigenvalue weighted by Crippen LogP contribution is 2.17. The van der Waals surface area contributed by atoms with Crippen LogP contribution in [0, 0.1) is 0 Å². The molecule has 1 N–H and O–H groups in total. The van der Waals surface area contributed by atoms with E-state index >= 15 is 0 Å². The molecule has 1 aliphatic heterocycles. The Morgan fingerprint density at radius 1 is 1.24 bits per heavy atom. The van der Waals surface area contributed by atoms with E-state index in [1.807, 2.05) is 12.1 Å². The van der Waals surface area contributed by atoms with Crippen molar-refractivity contribution >= 4 is 10.0 Å². The first-order valence-corrected chi connectivity index (χ1v) is 8.73. The molecule has 0 spiro atoms. The molecule has 1 fully saturated rings. The first-order valence-electron chi connectivity index (χ1n) is 7.29. The van der Waals surface area contributed by atoms with Gasteiger partial charge in [-0.15, -0.1) is 0 Å². The van der Waals surface area contributed by atoms with Gasteiger partial charge in [-0.2, -0.15) is 0 Å². The summed E-state index contributed by atoms with van der Waals surface area (Å²) in [6.07, 6.45) is 0. The Morgan fingerprint density at radius 3 is 2.43 bits per heavy atom. The van der Waals surface area contributed by atoms with Gasteiger partial charge < -0.3 is 5.32 Å². The van der Waals surface area contributed by atoms with Gasteiger partial charge in [0.05, 0.1) is 4.90 Å². The molecule has 118 valence electrons. The second kappa shape index (κ2) is 6.44. The molecule has 5 nitrogen and oxygen atoms in total. The van der Waals surface area contributed by atoms with Crippen molar-refractivity contribution in [2.45, 2.75) is 37.4 Å². The molecule has 21 heavy (non-hydrogen) atoms. The summed E-state index contributed by atoms with van der Waals surface area (Å²) in [5.41, 5.74) is 1.15. The summed E-state index contributed by atoms with van der Waals surface area (Å²) >= 11 is 0. The highest BCUT2D eigenvalue weighted by Gasteiger charge is 2.22. The number of rotatable bonds is 4. The lowest BCUT2D eigenvalue weighted by Gasteiger charge is -2.37. The van der Waals surface area contributed by atoms with Gasteiger partial charge in [0.1, 0.15) is 0 Å². The van der Waals surface area contributed by atoms with Crippen LogP contribution in [0.15, 0.2) is 29.2 Å². The average Bonchev–Trinajstić information content (AvgIpc) is 2.43. The van der Waals surface area contributed by atoms with E-state index in [1.54, 1.807) is 26.2 Å². The normalized spacial score (nSPS) is 24.4. The predicted molar refractivity (Wildman–Crippen MR) is 84.7 cm³/mol. The summed E-state index contributed by atoms with van der Waals surface area (Å²) in [6.45, 7) is 7.26.